The highest BCUT2D eigenvalue weighted by molar-refractivity contribution is 5.85. The molecule has 2 saturated heterocycles. The molecule has 2 aliphatic heterocycles. The number of carbonyl (C=O) groups excluding carboxylic acids is 1. The van der Waals surface area contributed by atoms with E-state index < -0.39 is 31.4 Å². The summed E-state index contributed by atoms with van der Waals surface area (Å²) >= 11 is 0. The summed E-state index contributed by atoms with van der Waals surface area (Å²) in [4.78, 5) is 23.7. The molecule has 2 aromatic heterocycles. The van der Waals surface area contributed by atoms with Crippen LogP contribution in [0.25, 0.3) is 56.2 Å². The van der Waals surface area contributed by atoms with E-state index in [4.69, 9.17) is 28.0 Å². The third-order valence-corrected chi connectivity index (χ3v) is 10.0. The molecule has 6 aromatic rings. The number of alkyl halides is 5. The van der Waals surface area contributed by atoms with Crippen molar-refractivity contribution < 1.29 is 49.8 Å². The first-order valence-electron chi connectivity index (χ1n) is 17.7. The fourth-order valence-electron chi connectivity index (χ4n) is 7.21. The molecule has 55 heavy (non-hydrogen) atoms. The lowest BCUT2D eigenvalue weighted by atomic mass is 9.91. The monoisotopic (exact) mass is 762 g/mol. The van der Waals surface area contributed by atoms with Crippen LogP contribution >= 0.6 is 0 Å². The zero-order valence-corrected chi connectivity index (χ0v) is 29.7. The molecule has 4 aromatic carbocycles. The van der Waals surface area contributed by atoms with E-state index in [1.54, 1.807) is 11.0 Å². The summed E-state index contributed by atoms with van der Waals surface area (Å²) in [6, 6.07) is 16.7. The van der Waals surface area contributed by atoms with Gasteiger partial charge in [0.2, 0.25) is 11.8 Å². The molecule has 2 aliphatic rings. The minimum Gasteiger partial charge on any atom is -0.460 e. The van der Waals surface area contributed by atoms with Crippen molar-refractivity contribution >= 4 is 28.2 Å². The van der Waals surface area contributed by atoms with Crippen LogP contribution < -0.4 is 14.8 Å². The Hall–Kier alpha value is -5.54. The van der Waals surface area contributed by atoms with Gasteiger partial charge in [0.1, 0.15) is 41.4 Å². The summed E-state index contributed by atoms with van der Waals surface area (Å²) in [7, 11) is 0. The second kappa shape index (κ2) is 14.9. The number of ether oxygens (including phenoxy) is 3. The number of hydrogen-bond acceptors (Lipinski definition) is 10. The van der Waals surface area contributed by atoms with Gasteiger partial charge in [-0.3, -0.25) is 9.69 Å². The summed E-state index contributed by atoms with van der Waals surface area (Å²) < 4.78 is 94.1. The number of nitrogens with zero attached hydrogens (tertiary/aromatic N) is 3. The Morgan fingerprint density at radius 1 is 0.818 bits per heavy atom. The third-order valence-electron chi connectivity index (χ3n) is 10.0. The molecule has 286 valence electrons. The largest absolute Gasteiger partial charge is 0.460 e. The van der Waals surface area contributed by atoms with Crippen LogP contribution in [0, 0.1) is 13.8 Å². The maximum Gasteiger partial charge on any atom is 0.387 e. The van der Waals surface area contributed by atoms with Gasteiger partial charge in [-0.15, -0.1) is 0 Å². The standard InChI is InChI=1S/C40H35F5N4O6/c1-20-25(6-3-8-27(20)36-47-30-12-22(16-49-17-24(41)18-49)32(54-39(42)43)14-34(30)52-36)26-7-4-9-28(21(26)2)37-48-31-13-23(19-51-38(50)29-10-5-11-46-29)33(55-40(44)45)15-35(31)53-37/h3-4,6-9,12-15,24,29,39-40,46H,5,10-11,16-19H2,1-2H3/t29-/m0/s1. The van der Waals surface area contributed by atoms with Crippen LogP contribution in [-0.2, 0) is 22.7 Å². The molecule has 1 atom stereocenters. The van der Waals surface area contributed by atoms with E-state index >= 15 is 0 Å². The number of nitrogens with one attached hydrogen (secondary N) is 1. The average Bonchev–Trinajstić information content (AvgIpc) is 3.90. The smallest absolute Gasteiger partial charge is 0.387 e. The second-order valence-corrected chi connectivity index (χ2v) is 13.7. The summed E-state index contributed by atoms with van der Waals surface area (Å²) in [6.45, 7) is -1.27. The Kier molecular flexibility index (Phi) is 9.90. The minimum absolute atomic E-state index is 0.0566. The van der Waals surface area contributed by atoms with Gasteiger partial charge >= 0.3 is 19.2 Å². The van der Waals surface area contributed by atoms with Gasteiger partial charge in [-0.1, -0.05) is 24.3 Å². The van der Waals surface area contributed by atoms with Gasteiger partial charge in [0.25, 0.3) is 0 Å². The van der Waals surface area contributed by atoms with Crippen LogP contribution in [0.2, 0.25) is 0 Å². The highest BCUT2D eigenvalue weighted by atomic mass is 19.3. The van der Waals surface area contributed by atoms with Crippen LogP contribution in [0.3, 0.4) is 0 Å². The van der Waals surface area contributed by atoms with Crippen LogP contribution in [0.4, 0.5) is 22.0 Å². The Bertz CT molecular complexity index is 2390. The van der Waals surface area contributed by atoms with E-state index in [9.17, 15) is 26.7 Å². The van der Waals surface area contributed by atoms with Crippen LogP contribution in [0.1, 0.15) is 35.1 Å². The van der Waals surface area contributed by atoms with Crippen molar-refractivity contribution in [3.05, 3.63) is 82.9 Å². The highest BCUT2D eigenvalue weighted by Gasteiger charge is 2.28. The normalized spacial score (nSPS) is 16.4. The Balaban J connectivity index is 1.10. The predicted molar refractivity (Wildman–Crippen MR) is 192 cm³/mol. The van der Waals surface area contributed by atoms with Crippen molar-refractivity contribution in [2.24, 2.45) is 0 Å². The minimum atomic E-state index is -3.12. The van der Waals surface area contributed by atoms with Crippen molar-refractivity contribution in [2.45, 2.75) is 65.3 Å². The van der Waals surface area contributed by atoms with Gasteiger partial charge in [-0.25, -0.2) is 14.4 Å². The lowest BCUT2D eigenvalue weighted by molar-refractivity contribution is -0.147. The Labute approximate surface area is 311 Å². The lowest BCUT2D eigenvalue weighted by Gasteiger charge is -2.34. The molecule has 0 radical (unpaired) electrons. The SMILES string of the molecule is Cc1c(-c2nc3cc(COC(=O)[C@@H]4CCCN4)c(OC(F)F)cc3o2)cccc1-c1cccc(-c2nc3cc(CN4CC(F)C4)c(OC(F)F)cc3o2)c1C. The number of halogens is 5. The van der Waals surface area contributed by atoms with E-state index in [1.165, 1.54) is 18.2 Å². The zero-order valence-electron chi connectivity index (χ0n) is 29.7. The second-order valence-electron chi connectivity index (χ2n) is 13.7. The van der Waals surface area contributed by atoms with Crippen molar-refractivity contribution in [3.8, 4) is 45.5 Å². The quantitative estimate of drug-likeness (QED) is 0.0960. The molecular weight excluding hydrogens is 727 g/mol. The van der Waals surface area contributed by atoms with E-state index in [2.05, 4.69) is 10.3 Å². The van der Waals surface area contributed by atoms with E-state index in [1.807, 2.05) is 50.2 Å². The molecule has 4 heterocycles. The van der Waals surface area contributed by atoms with Crippen molar-refractivity contribution in [2.75, 3.05) is 19.6 Å². The summed E-state index contributed by atoms with van der Waals surface area (Å²) in [6.07, 6.45) is 0.527. The number of rotatable bonds is 12. The molecule has 0 bridgehead atoms. The molecule has 15 heteroatoms. The van der Waals surface area contributed by atoms with Crippen LogP contribution in [0.5, 0.6) is 11.5 Å². The summed E-state index contributed by atoms with van der Waals surface area (Å²) in [5.74, 6) is -0.193. The van der Waals surface area contributed by atoms with Gasteiger partial charge in [0.05, 0.1) is 0 Å². The molecule has 8 rings (SSSR count). The highest BCUT2D eigenvalue weighted by Crippen LogP contribution is 2.40. The molecule has 2 fully saturated rings. The average molecular weight is 763 g/mol. The maximum atomic E-state index is 13.5. The van der Waals surface area contributed by atoms with Gasteiger partial charge in [-0.05, 0) is 79.8 Å². The van der Waals surface area contributed by atoms with Gasteiger partial charge in [0.15, 0.2) is 11.2 Å². The maximum absolute atomic E-state index is 13.5. The Morgan fingerprint density at radius 2 is 1.35 bits per heavy atom. The lowest BCUT2D eigenvalue weighted by Crippen LogP contribution is -2.47. The summed E-state index contributed by atoms with van der Waals surface area (Å²) in [5, 5.41) is 3.05. The van der Waals surface area contributed by atoms with E-state index in [-0.39, 0.29) is 66.3 Å². The number of aromatic nitrogens is 2. The van der Waals surface area contributed by atoms with Crippen molar-refractivity contribution in [1.29, 1.82) is 0 Å². The molecule has 0 amide bonds. The molecule has 0 saturated carbocycles. The van der Waals surface area contributed by atoms with Crippen LogP contribution in [0.15, 0.2) is 69.5 Å². The third kappa shape index (κ3) is 7.45. The first-order chi connectivity index (χ1) is 26.5. The summed E-state index contributed by atoms with van der Waals surface area (Å²) in [5.41, 5.74) is 6.60. The molecule has 1 N–H and O–H groups in total. The predicted octanol–water partition coefficient (Wildman–Crippen LogP) is 8.74. The van der Waals surface area contributed by atoms with E-state index in [0.717, 1.165) is 28.7 Å². The van der Waals surface area contributed by atoms with Crippen LogP contribution in [-0.4, -0.2) is 65.9 Å². The first kappa shape index (κ1) is 36.4. The number of carbonyl (C=O) groups is 1. The number of esters is 1. The fraction of sp³-hybridized carbons (Fsp3) is 0.325. The number of benzene rings is 4. The first-order valence-corrected chi connectivity index (χ1v) is 17.7. The number of likely N-dealkylation sites (tertiary alicyclic amines) is 1. The zero-order chi connectivity index (χ0) is 38.4. The number of fused-ring (bicyclic) bond motifs is 2. The Morgan fingerprint density at radius 3 is 1.85 bits per heavy atom. The molecular formula is C40H35F5N4O6. The molecule has 0 unspecified atom stereocenters. The topological polar surface area (TPSA) is 112 Å². The fourth-order valence-corrected chi connectivity index (χ4v) is 7.21. The van der Waals surface area contributed by atoms with Crippen molar-refractivity contribution in [1.82, 2.24) is 20.2 Å². The number of hydrogen-bond donors (Lipinski definition) is 1. The van der Waals surface area contributed by atoms with Gasteiger partial charge < -0.3 is 28.4 Å². The van der Waals surface area contributed by atoms with Gasteiger partial charge in [0, 0.05) is 54.0 Å². The van der Waals surface area contributed by atoms with Crippen molar-refractivity contribution in [3.63, 3.8) is 0 Å². The molecule has 10 nitrogen and oxygen atoms in total. The van der Waals surface area contributed by atoms with E-state index in [0.29, 0.717) is 40.7 Å². The molecule has 0 spiro atoms. The number of oxazole rings is 2. The molecule has 0 aliphatic carbocycles. The van der Waals surface area contributed by atoms with Gasteiger partial charge in [-0.2, -0.15) is 17.6 Å².